The average Bonchev–Trinajstić information content (AvgIpc) is 3.25. The van der Waals surface area contributed by atoms with Crippen LogP contribution in [0.4, 0.5) is 5.69 Å². The predicted octanol–water partition coefficient (Wildman–Crippen LogP) is 5.06. The lowest BCUT2D eigenvalue weighted by atomic mass is 10.1. The molecule has 3 aromatic rings. The maximum absolute atomic E-state index is 13.0. The number of hydrogen-bond donors (Lipinski definition) is 1. The summed E-state index contributed by atoms with van der Waals surface area (Å²) in [7, 11) is 0. The first-order valence-corrected chi connectivity index (χ1v) is 11.5. The van der Waals surface area contributed by atoms with Crippen molar-refractivity contribution in [3.63, 3.8) is 0 Å². The van der Waals surface area contributed by atoms with E-state index in [1.54, 1.807) is 11.8 Å². The number of fused-ring (bicyclic) bond motifs is 1. The van der Waals surface area contributed by atoms with Gasteiger partial charge in [-0.05, 0) is 61.6 Å². The van der Waals surface area contributed by atoms with Crippen molar-refractivity contribution in [1.82, 2.24) is 5.32 Å². The van der Waals surface area contributed by atoms with Crippen LogP contribution in [0.2, 0.25) is 0 Å². The van der Waals surface area contributed by atoms with E-state index in [-0.39, 0.29) is 12.0 Å². The fourth-order valence-corrected chi connectivity index (χ4v) is 4.08. The summed E-state index contributed by atoms with van der Waals surface area (Å²) in [5.74, 6) is -0.217. The molecular weight excluding hydrogens is 452 g/mol. The first-order chi connectivity index (χ1) is 14.1. The molecule has 1 N–H and O–H groups in total. The molecule has 1 aliphatic rings. The number of carbonyl (C=O) groups is 1. The Balaban J connectivity index is 1.75. The fraction of sp³-hybridized carbons (Fsp3) is 0.273. The molecule has 7 heteroatoms. The minimum atomic E-state index is -0.217. The third kappa shape index (κ3) is 4.91. The number of carbonyl (C=O) groups excluding carboxylic acids is 1. The zero-order chi connectivity index (χ0) is 20.2. The fourth-order valence-electron chi connectivity index (χ4n) is 3.25. The molecule has 2 aromatic carbocycles. The van der Waals surface area contributed by atoms with Gasteiger partial charge in [-0.25, -0.2) is 4.99 Å². The first-order valence-electron chi connectivity index (χ1n) is 9.44. The Hall–Kier alpha value is -2.09. The van der Waals surface area contributed by atoms with Crippen LogP contribution >= 0.6 is 27.7 Å². The van der Waals surface area contributed by atoms with E-state index in [2.05, 4.69) is 26.2 Å². The van der Waals surface area contributed by atoms with Gasteiger partial charge in [-0.1, -0.05) is 22.0 Å². The van der Waals surface area contributed by atoms with Crippen LogP contribution in [0.15, 0.2) is 67.3 Å². The van der Waals surface area contributed by atoms with Gasteiger partial charge >= 0.3 is 0 Å². The van der Waals surface area contributed by atoms with E-state index < -0.39 is 0 Å². The molecule has 1 aromatic heterocycles. The van der Waals surface area contributed by atoms with E-state index >= 15 is 0 Å². The molecule has 0 bridgehead atoms. The Labute approximate surface area is 181 Å². The van der Waals surface area contributed by atoms with Crippen molar-refractivity contribution >= 4 is 50.3 Å². The lowest BCUT2D eigenvalue weighted by Gasteiger charge is -2.11. The molecule has 1 fully saturated rings. The van der Waals surface area contributed by atoms with E-state index in [0.29, 0.717) is 23.2 Å². The highest BCUT2D eigenvalue weighted by Gasteiger charge is 2.18. The van der Waals surface area contributed by atoms with Crippen molar-refractivity contribution in [2.24, 2.45) is 4.99 Å². The number of amides is 1. The molecule has 0 saturated carbocycles. The quantitative estimate of drug-likeness (QED) is 0.527. The summed E-state index contributed by atoms with van der Waals surface area (Å²) in [5.41, 5.74) is 2.11. The normalized spacial score (nSPS) is 17.0. The van der Waals surface area contributed by atoms with Gasteiger partial charge in [-0.2, -0.15) is 0 Å². The molecule has 5 nitrogen and oxygen atoms in total. The highest BCUT2D eigenvalue weighted by Crippen LogP contribution is 2.22. The summed E-state index contributed by atoms with van der Waals surface area (Å²) in [5, 5.41) is 3.80. The number of nitrogens with zero attached hydrogens (tertiary/aromatic N) is 1. The minimum absolute atomic E-state index is 0.0733. The van der Waals surface area contributed by atoms with Crippen LogP contribution in [-0.2, 0) is 4.74 Å². The molecule has 0 radical (unpaired) electrons. The summed E-state index contributed by atoms with van der Waals surface area (Å²) < 4.78 is 12.6. The van der Waals surface area contributed by atoms with Crippen molar-refractivity contribution in [1.29, 1.82) is 0 Å². The number of hydrogen-bond acceptors (Lipinski definition) is 5. The van der Waals surface area contributed by atoms with Gasteiger partial charge in [-0.15, -0.1) is 11.8 Å². The summed E-state index contributed by atoms with van der Waals surface area (Å²) in [4.78, 5) is 18.7. The van der Waals surface area contributed by atoms with Gasteiger partial charge in [-0.3, -0.25) is 4.79 Å². The lowest BCUT2D eigenvalue weighted by Crippen LogP contribution is -2.34. The number of nitrogens with one attached hydrogen (secondary N) is 1. The van der Waals surface area contributed by atoms with E-state index in [4.69, 9.17) is 9.15 Å². The molecule has 1 amide bonds. The maximum atomic E-state index is 13.0. The van der Waals surface area contributed by atoms with E-state index in [9.17, 15) is 4.79 Å². The van der Waals surface area contributed by atoms with Gasteiger partial charge in [0.25, 0.3) is 5.91 Å². The molecule has 150 valence electrons. The Kier molecular flexibility index (Phi) is 6.37. The zero-order valence-electron chi connectivity index (χ0n) is 16.0. The van der Waals surface area contributed by atoms with Crippen LogP contribution in [-0.4, -0.2) is 31.4 Å². The standard InChI is InChI=1S/C22H21BrN2O3S/c1-29-18-6-2-4-16(12-18)25-22-19(21(26)24-13-17-5-3-9-27-17)11-14-10-15(23)7-8-20(14)28-22/h2,4,6-8,10-12,17H,3,5,9,13H2,1H3,(H,24,26)/t17-/m0/s1. The smallest absolute Gasteiger partial charge is 0.256 e. The van der Waals surface area contributed by atoms with Gasteiger partial charge in [0.05, 0.1) is 11.8 Å². The second-order valence-corrected chi connectivity index (χ2v) is 8.60. The van der Waals surface area contributed by atoms with Crippen molar-refractivity contribution in [2.75, 3.05) is 19.4 Å². The first kappa shape index (κ1) is 20.2. The van der Waals surface area contributed by atoms with Crippen molar-refractivity contribution in [2.45, 2.75) is 23.8 Å². The van der Waals surface area contributed by atoms with Gasteiger partial charge in [0.1, 0.15) is 11.1 Å². The number of halogens is 1. The molecule has 29 heavy (non-hydrogen) atoms. The van der Waals surface area contributed by atoms with Gasteiger partial charge < -0.3 is 14.5 Å². The largest absolute Gasteiger partial charge is 0.438 e. The second-order valence-electron chi connectivity index (χ2n) is 6.81. The van der Waals surface area contributed by atoms with Crippen LogP contribution in [0.1, 0.15) is 23.2 Å². The zero-order valence-corrected chi connectivity index (χ0v) is 18.4. The van der Waals surface area contributed by atoms with Crippen molar-refractivity contribution in [3.05, 3.63) is 64.1 Å². The van der Waals surface area contributed by atoms with E-state index in [0.717, 1.165) is 39.9 Å². The summed E-state index contributed by atoms with van der Waals surface area (Å²) in [6, 6.07) is 15.4. The van der Waals surface area contributed by atoms with Crippen LogP contribution in [0.25, 0.3) is 11.0 Å². The number of benzene rings is 2. The highest BCUT2D eigenvalue weighted by molar-refractivity contribution is 9.10. The number of rotatable bonds is 5. The van der Waals surface area contributed by atoms with E-state index in [1.165, 1.54) is 0 Å². The Morgan fingerprint density at radius 1 is 1.28 bits per heavy atom. The molecule has 2 heterocycles. The second kappa shape index (κ2) is 9.15. The van der Waals surface area contributed by atoms with Crippen molar-refractivity contribution < 1.29 is 13.9 Å². The Bertz CT molecular complexity index is 1110. The highest BCUT2D eigenvalue weighted by atomic mass is 79.9. The monoisotopic (exact) mass is 472 g/mol. The van der Waals surface area contributed by atoms with E-state index in [1.807, 2.05) is 54.8 Å². The molecule has 1 aliphatic heterocycles. The Morgan fingerprint density at radius 2 is 2.17 bits per heavy atom. The van der Waals surface area contributed by atoms with Crippen LogP contribution in [0, 0.1) is 0 Å². The third-order valence-electron chi connectivity index (χ3n) is 4.75. The average molecular weight is 473 g/mol. The summed E-state index contributed by atoms with van der Waals surface area (Å²) in [6.07, 6.45) is 4.09. The molecule has 0 aliphatic carbocycles. The SMILES string of the molecule is CSc1cccc(N=c2oc3ccc(Br)cc3cc2C(=O)NC[C@@H]2CCCO2)c1. The van der Waals surface area contributed by atoms with Gasteiger partial charge in [0.15, 0.2) is 0 Å². The maximum Gasteiger partial charge on any atom is 0.256 e. The topological polar surface area (TPSA) is 63.8 Å². The number of thioether (sulfide) groups is 1. The van der Waals surface area contributed by atoms with Gasteiger partial charge in [0, 0.05) is 27.9 Å². The van der Waals surface area contributed by atoms with Gasteiger partial charge in [0.2, 0.25) is 5.55 Å². The predicted molar refractivity (Wildman–Crippen MR) is 119 cm³/mol. The van der Waals surface area contributed by atoms with Crippen LogP contribution in [0.5, 0.6) is 0 Å². The van der Waals surface area contributed by atoms with Crippen LogP contribution < -0.4 is 10.9 Å². The van der Waals surface area contributed by atoms with Crippen molar-refractivity contribution in [3.8, 4) is 0 Å². The Morgan fingerprint density at radius 3 is 2.97 bits per heavy atom. The summed E-state index contributed by atoms with van der Waals surface area (Å²) in [6.45, 7) is 1.24. The lowest BCUT2D eigenvalue weighted by molar-refractivity contribution is 0.0854. The molecule has 1 atom stereocenters. The molecular formula is C22H21BrN2O3S. The number of ether oxygens (including phenoxy) is 1. The third-order valence-corrected chi connectivity index (χ3v) is 5.97. The molecule has 0 spiro atoms. The minimum Gasteiger partial charge on any atom is -0.438 e. The molecule has 4 rings (SSSR count). The molecule has 0 unspecified atom stereocenters. The van der Waals surface area contributed by atoms with Crippen LogP contribution in [0.3, 0.4) is 0 Å². The summed E-state index contributed by atoms with van der Waals surface area (Å²) >= 11 is 5.11. The molecule has 1 saturated heterocycles.